The molecule has 102 valence electrons. The molecule has 2 N–H and O–H groups in total. The summed E-state index contributed by atoms with van der Waals surface area (Å²) < 4.78 is 1.12. The van der Waals surface area contributed by atoms with Crippen LogP contribution in [0.3, 0.4) is 0 Å². The van der Waals surface area contributed by atoms with Crippen LogP contribution in [0.2, 0.25) is 0 Å². The normalized spacial score (nSPS) is 12.5. The van der Waals surface area contributed by atoms with Crippen molar-refractivity contribution in [1.82, 2.24) is 4.98 Å². The molecule has 1 unspecified atom stereocenters. The van der Waals surface area contributed by atoms with Gasteiger partial charge in [0.2, 0.25) is 0 Å². The second-order valence-electron chi connectivity index (χ2n) is 4.49. The number of hydrogen-bond donors (Lipinski definition) is 1. The van der Waals surface area contributed by atoms with E-state index < -0.39 is 0 Å². The van der Waals surface area contributed by atoms with E-state index in [2.05, 4.69) is 49.9 Å². The van der Waals surface area contributed by atoms with Gasteiger partial charge in [0.15, 0.2) is 0 Å². The standard InChI is InChI=1S/C15H13BrN2S2/c16-14-6-11(8-19-14)12(17)7-15-18-13(9-20-15)10-4-2-1-3-5-10/h1-6,8-9,12H,7,17H2. The van der Waals surface area contributed by atoms with Crippen LogP contribution in [0.5, 0.6) is 0 Å². The second kappa shape index (κ2) is 6.18. The summed E-state index contributed by atoms with van der Waals surface area (Å²) in [4.78, 5) is 4.68. The Hall–Kier alpha value is -1.01. The molecule has 1 aromatic carbocycles. The van der Waals surface area contributed by atoms with Crippen LogP contribution < -0.4 is 5.73 Å². The number of nitrogens with zero attached hydrogens (tertiary/aromatic N) is 1. The van der Waals surface area contributed by atoms with E-state index >= 15 is 0 Å². The predicted octanol–water partition coefficient (Wildman–Crippen LogP) is 4.88. The Kier molecular flexibility index (Phi) is 4.31. The van der Waals surface area contributed by atoms with Crippen molar-refractivity contribution in [1.29, 1.82) is 0 Å². The minimum absolute atomic E-state index is 0.00678. The lowest BCUT2D eigenvalue weighted by atomic mass is 10.1. The average Bonchev–Trinajstić information content (AvgIpc) is 3.09. The molecule has 3 aromatic rings. The van der Waals surface area contributed by atoms with Crippen LogP contribution in [0.15, 0.2) is 50.9 Å². The highest BCUT2D eigenvalue weighted by Gasteiger charge is 2.12. The fourth-order valence-electron chi connectivity index (χ4n) is 1.97. The van der Waals surface area contributed by atoms with Gasteiger partial charge in [0.25, 0.3) is 0 Å². The first kappa shape index (κ1) is 13.9. The monoisotopic (exact) mass is 364 g/mol. The maximum atomic E-state index is 6.24. The second-order valence-corrected chi connectivity index (χ2v) is 7.72. The van der Waals surface area contributed by atoms with E-state index in [1.165, 1.54) is 5.56 Å². The quantitative estimate of drug-likeness (QED) is 0.716. The molecule has 2 heterocycles. The first-order valence-corrected chi connectivity index (χ1v) is 8.77. The number of aromatic nitrogens is 1. The van der Waals surface area contributed by atoms with Crippen molar-refractivity contribution in [2.75, 3.05) is 0 Å². The van der Waals surface area contributed by atoms with Crippen LogP contribution in [-0.4, -0.2) is 4.98 Å². The molecule has 0 bridgehead atoms. The van der Waals surface area contributed by atoms with Gasteiger partial charge in [-0.2, -0.15) is 0 Å². The Bertz CT molecular complexity index is 691. The summed E-state index contributed by atoms with van der Waals surface area (Å²) in [5.74, 6) is 0. The molecule has 0 fully saturated rings. The molecule has 20 heavy (non-hydrogen) atoms. The Labute approximate surface area is 134 Å². The Morgan fingerprint density at radius 1 is 1.15 bits per heavy atom. The maximum absolute atomic E-state index is 6.24. The van der Waals surface area contributed by atoms with Gasteiger partial charge in [-0.25, -0.2) is 4.98 Å². The van der Waals surface area contributed by atoms with E-state index in [9.17, 15) is 0 Å². The number of thiazole rings is 1. The maximum Gasteiger partial charge on any atom is 0.0951 e. The molecular weight excluding hydrogens is 352 g/mol. The molecule has 2 nitrogen and oxygen atoms in total. The molecule has 5 heteroatoms. The summed E-state index contributed by atoms with van der Waals surface area (Å²) in [7, 11) is 0. The highest BCUT2D eigenvalue weighted by molar-refractivity contribution is 9.11. The number of rotatable bonds is 4. The van der Waals surface area contributed by atoms with Gasteiger partial charge in [-0.05, 0) is 32.9 Å². The molecule has 2 aromatic heterocycles. The van der Waals surface area contributed by atoms with Gasteiger partial charge >= 0.3 is 0 Å². The van der Waals surface area contributed by atoms with Gasteiger partial charge in [-0.1, -0.05) is 30.3 Å². The highest BCUT2D eigenvalue weighted by Crippen LogP contribution is 2.28. The van der Waals surface area contributed by atoms with Crippen LogP contribution in [-0.2, 0) is 6.42 Å². The van der Waals surface area contributed by atoms with Crippen molar-refractivity contribution in [2.24, 2.45) is 5.73 Å². The molecule has 3 rings (SSSR count). The summed E-state index contributed by atoms with van der Waals surface area (Å²) >= 11 is 6.81. The van der Waals surface area contributed by atoms with Crippen LogP contribution in [0.4, 0.5) is 0 Å². The molecule has 0 radical (unpaired) electrons. The molecule has 0 saturated carbocycles. The molecule has 0 aliphatic rings. The van der Waals surface area contributed by atoms with Crippen molar-refractivity contribution in [3.8, 4) is 11.3 Å². The van der Waals surface area contributed by atoms with E-state index in [-0.39, 0.29) is 6.04 Å². The third kappa shape index (κ3) is 3.17. The first-order valence-electron chi connectivity index (χ1n) is 6.22. The van der Waals surface area contributed by atoms with E-state index in [0.717, 1.165) is 26.5 Å². The van der Waals surface area contributed by atoms with Crippen molar-refractivity contribution in [3.05, 3.63) is 61.5 Å². The third-order valence-corrected chi connectivity index (χ3v) is 5.43. The molecular formula is C15H13BrN2S2. The van der Waals surface area contributed by atoms with Crippen LogP contribution >= 0.6 is 38.6 Å². The number of halogens is 1. The zero-order valence-corrected chi connectivity index (χ0v) is 13.8. The lowest BCUT2D eigenvalue weighted by Gasteiger charge is -2.06. The van der Waals surface area contributed by atoms with E-state index in [0.29, 0.717) is 0 Å². The van der Waals surface area contributed by atoms with Crippen LogP contribution in [0.25, 0.3) is 11.3 Å². The first-order chi connectivity index (χ1) is 9.72. The fourth-order valence-corrected chi connectivity index (χ4v) is 4.07. The van der Waals surface area contributed by atoms with Crippen molar-refractivity contribution >= 4 is 38.6 Å². The zero-order valence-electron chi connectivity index (χ0n) is 10.6. The minimum atomic E-state index is 0.00678. The number of hydrogen-bond acceptors (Lipinski definition) is 4. The van der Waals surface area contributed by atoms with E-state index in [1.54, 1.807) is 22.7 Å². The highest BCUT2D eigenvalue weighted by atomic mass is 79.9. The minimum Gasteiger partial charge on any atom is -0.324 e. The molecule has 0 aliphatic carbocycles. The Morgan fingerprint density at radius 2 is 1.95 bits per heavy atom. The van der Waals surface area contributed by atoms with Crippen LogP contribution in [0, 0.1) is 0 Å². The Morgan fingerprint density at radius 3 is 2.65 bits per heavy atom. The van der Waals surface area contributed by atoms with E-state index in [1.807, 2.05) is 18.2 Å². The topological polar surface area (TPSA) is 38.9 Å². The lowest BCUT2D eigenvalue weighted by Crippen LogP contribution is -2.12. The smallest absolute Gasteiger partial charge is 0.0951 e. The summed E-state index contributed by atoms with van der Waals surface area (Å²) in [6, 6.07) is 12.3. The number of nitrogens with two attached hydrogens (primary N) is 1. The third-order valence-electron chi connectivity index (χ3n) is 3.03. The SMILES string of the molecule is NC(Cc1nc(-c2ccccc2)cs1)c1csc(Br)c1. The lowest BCUT2D eigenvalue weighted by molar-refractivity contribution is 0.721. The summed E-state index contributed by atoms with van der Waals surface area (Å²) in [6.07, 6.45) is 0.778. The number of benzene rings is 1. The largest absolute Gasteiger partial charge is 0.324 e. The summed E-state index contributed by atoms with van der Waals surface area (Å²) in [5.41, 5.74) is 9.59. The molecule has 0 amide bonds. The summed E-state index contributed by atoms with van der Waals surface area (Å²) in [6.45, 7) is 0. The fraction of sp³-hybridized carbons (Fsp3) is 0.133. The van der Waals surface area contributed by atoms with Gasteiger partial charge in [-0.3, -0.25) is 0 Å². The van der Waals surface area contributed by atoms with Crippen molar-refractivity contribution in [2.45, 2.75) is 12.5 Å². The number of thiophene rings is 1. The van der Waals surface area contributed by atoms with Crippen molar-refractivity contribution < 1.29 is 0 Å². The predicted molar refractivity (Wildman–Crippen MR) is 90.2 cm³/mol. The zero-order chi connectivity index (χ0) is 13.9. The Balaban J connectivity index is 1.74. The molecule has 0 aliphatic heterocycles. The molecule has 0 spiro atoms. The van der Waals surface area contributed by atoms with Crippen LogP contribution in [0.1, 0.15) is 16.6 Å². The van der Waals surface area contributed by atoms with Gasteiger partial charge in [0.05, 0.1) is 14.5 Å². The van der Waals surface area contributed by atoms with Gasteiger partial charge in [-0.15, -0.1) is 22.7 Å². The van der Waals surface area contributed by atoms with Crippen molar-refractivity contribution in [3.63, 3.8) is 0 Å². The van der Waals surface area contributed by atoms with Gasteiger partial charge < -0.3 is 5.73 Å². The van der Waals surface area contributed by atoms with Gasteiger partial charge in [0, 0.05) is 23.4 Å². The van der Waals surface area contributed by atoms with Gasteiger partial charge in [0.1, 0.15) is 0 Å². The van der Waals surface area contributed by atoms with E-state index in [4.69, 9.17) is 5.73 Å². The molecule has 1 atom stereocenters. The average molecular weight is 365 g/mol. The molecule has 0 saturated heterocycles. The summed E-state index contributed by atoms with van der Waals surface area (Å²) in [5, 5.41) is 5.28.